The molecule has 0 saturated heterocycles. The number of carbonyl (C=O) groups is 1. The van der Waals surface area contributed by atoms with Crippen LogP contribution in [0, 0.1) is 0 Å². The number of halogens is 1. The summed E-state index contributed by atoms with van der Waals surface area (Å²) in [6, 6.07) is 7.59. The quantitative estimate of drug-likeness (QED) is 0.885. The summed E-state index contributed by atoms with van der Waals surface area (Å²) in [5.41, 5.74) is 1.27. The third-order valence-corrected chi connectivity index (χ3v) is 4.15. The maximum Gasteiger partial charge on any atom is 0.269 e. The first-order valence-electron chi connectivity index (χ1n) is 6.36. The third-order valence-electron chi connectivity index (χ3n) is 2.73. The van der Waals surface area contributed by atoms with Gasteiger partial charge in [-0.05, 0) is 38.1 Å². The number of pyridine rings is 1. The van der Waals surface area contributed by atoms with E-state index in [9.17, 15) is 4.79 Å². The van der Waals surface area contributed by atoms with Crippen LogP contribution in [-0.4, -0.2) is 17.4 Å². The summed E-state index contributed by atoms with van der Waals surface area (Å²) >= 11 is 7.48. The largest absolute Gasteiger partial charge is 0.378 e. The lowest BCUT2D eigenvalue weighted by Gasteiger charge is -2.14. The van der Waals surface area contributed by atoms with Gasteiger partial charge in [-0.2, -0.15) is 0 Å². The Morgan fingerprint density at radius 3 is 2.90 bits per heavy atom. The van der Waals surface area contributed by atoms with Crippen molar-refractivity contribution in [3.63, 3.8) is 0 Å². The van der Waals surface area contributed by atoms with Gasteiger partial charge < -0.3 is 10.6 Å². The van der Waals surface area contributed by atoms with E-state index in [-0.39, 0.29) is 11.9 Å². The topological polar surface area (TPSA) is 54.0 Å². The van der Waals surface area contributed by atoms with Crippen LogP contribution in [0.1, 0.15) is 35.3 Å². The summed E-state index contributed by atoms with van der Waals surface area (Å²) in [7, 11) is 0. The highest BCUT2D eigenvalue weighted by Gasteiger charge is 2.10. The zero-order valence-electron chi connectivity index (χ0n) is 11.3. The third kappa shape index (κ3) is 3.71. The lowest BCUT2D eigenvalue weighted by Crippen LogP contribution is -2.23. The Bertz CT molecular complexity index is 600. The summed E-state index contributed by atoms with van der Waals surface area (Å²) in [5.74, 6) is -0.164. The molecule has 0 spiro atoms. The molecule has 1 amide bonds. The average Bonchev–Trinajstić information content (AvgIpc) is 2.86. The number of anilines is 1. The fraction of sp³-hybridized carbons (Fsp3) is 0.286. The Kier molecular flexibility index (Phi) is 4.98. The Labute approximate surface area is 127 Å². The maximum atomic E-state index is 11.7. The van der Waals surface area contributed by atoms with Crippen molar-refractivity contribution in [2.45, 2.75) is 19.9 Å². The highest BCUT2D eigenvalue weighted by Crippen LogP contribution is 2.28. The van der Waals surface area contributed by atoms with Gasteiger partial charge in [0.25, 0.3) is 5.91 Å². The van der Waals surface area contributed by atoms with E-state index in [4.69, 9.17) is 11.6 Å². The van der Waals surface area contributed by atoms with Crippen LogP contribution in [0.3, 0.4) is 0 Å². The summed E-state index contributed by atoms with van der Waals surface area (Å²) in [5, 5.41) is 6.07. The van der Waals surface area contributed by atoms with Gasteiger partial charge in [-0.25, -0.2) is 0 Å². The van der Waals surface area contributed by atoms with Crippen LogP contribution >= 0.6 is 22.9 Å². The Hall–Kier alpha value is -1.59. The number of rotatable bonds is 5. The van der Waals surface area contributed by atoms with E-state index in [1.54, 1.807) is 23.6 Å². The second-order valence-electron chi connectivity index (χ2n) is 4.30. The molecule has 20 heavy (non-hydrogen) atoms. The number of nitrogens with zero attached hydrogens (tertiary/aromatic N) is 1. The lowest BCUT2D eigenvalue weighted by molar-refractivity contribution is 0.0951. The molecule has 0 radical (unpaired) electrons. The molecule has 0 aromatic carbocycles. The Balaban J connectivity index is 2.09. The molecule has 106 valence electrons. The fourth-order valence-electron chi connectivity index (χ4n) is 1.78. The van der Waals surface area contributed by atoms with E-state index in [0.29, 0.717) is 12.2 Å². The van der Waals surface area contributed by atoms with Crippen LogP contribution in [-0.2, 0) is 0 Å². The highest BCUT2D eigenvalue weighted by atomic mass is 35.5. The molecule has 4 nitrogen and oxygen atoms in total. The second kappa shape index (κ2) is 6.72. The van der Waals surface area contributed by atoms with Crippen LogP contribution < -0.4 is 10.6 Å². The van der Waals surface area contributed by atoms with Crippen molar-refractivity contribution in [3.8, 4) is 0 Å². The molecule has 0 aliphatic carbocycles. The molecule has 2 N–H and O–H groups in total. The number of aromatic nitrogens is 1. The van der Waals surface area contributed by atoms with Gasteiger partial charge in [-0.3, -0.25) is 9.78 Å². The standard InChI is InChI=1S/C14H16ClN3OS/c1-3-16-14(19)11-8-10(6-7-17-11)18-9(2)12-4-5-13(15)20-12/h4-9H,3H2,1-2H3,(H,16,19)(H,17,18). The Morgan fingerprint density at radius 2 is 2.25 bits per heavy atom. The van der Waals surface area contributed by atoms with E-state index in [1.807, 2.05) is 32.0 Å². The summed E-state index contributed by atoms with van der Waals surface area (Å²) in [4.78, 5) is 17.0. The number of thiophene rings is 1. The molecule has 0 aliphatic rings. The van der Waals surface area contributed by atoms with E-state index >= 15 is 0 Å². The number of hydrogen-bond acceptors (Lipinski definition) is 4. The van der Waals surface area contributed by atoms with Crippen molar-refractivity contribution >= 4 is 34.5 Å². The molecule has 2 rings (SSSR count). The fourth-order valence-corrected chi connectivity index (χ4v) is 2.84. The number of amides is 1. The molecular formula is C14H16ClN3OS. The number of carbonyl (C=O) groups excluding carboxylic acids is 1. The molecule has 2 aromatic rings. The molecule has 0 saturated carbocycles. The van der Waals surface area contributed by atoms with Gasteiger partial charge in [-0.15, -0.1) is 11.3 Å². The predicted octanol–water partition coefficient (Wildman–Crippen LogP) is 3.72. The zero-order chi connectivity index (χ0) is 14.5. The second-order valence-corrected chi connectivity index (χ2v) is 6.04. The maximum absolute atomic E-state index is 11.7. The number of hydrogen-bond donors (Lipinski definition) is 2. The van der Waals surface area contributed by atoms with Gasteiger partial charge in [0, 0.05) is 23.3 Å². The van der Waals surface area contributed by atoms with Crippen molar-refractivity contribution in [3.05, 3.63) is 45.4 Å². The van der Waals surface area contributed by atoms with Gasteiger partial charge in [-0.1, -0.05) is 11.6 Å². The minimum atomic E-state index is -0.164. The normalized spacial score (nSPS) is 11.9. The monoisotopic (exact) mass is 309 g/mol. The molecule has 1 unspecified atom stereocenters. The molecule has 0 fully saturated rings. The van der Waals surface area contributed by atoms with Crippen molar-refractivity contribution in [2.75, 3.05) is 11.9 Å². The van der Waals surface area contributed by atoms with Gasteiger partial charge in [0.2, 0.25) is 0 Å². The van der Waals surface area contributed by atoms with E-state index in [0.717, 1.165) is 14.9 Å². The van der Waals surface area contributed by atoms with Gasteiger partial charge in [0.15, 0.2) is 0 Å². The predicted molar refractivity (Wildman–Crippen MR) is 83.6 cm³/mol. The van der Waals surface area contributed by atoms with Crippen LogP contribution in [0.4, 0.5) is 5.69 Å². The number of nitrogens with one attached hydrogen (secondary N) is 2. The van der Waals surface area contributed by atoms with Gasteiger partial charge in [0.05, 0.1) is 10.4 Å². The van der Waals surface area contributed by atoms with Crippen molar-refractivity contribution in [1.82, 2.24) is 10.3 Å². The van der Waals surface area contributed by atoms with E-state index in [2.05, 4.69) is 15.6 Å². The van der Waals surface area contributed by atoms with Gasteiger partial charge >= 0.3 is 0 Å². The van der Waals surface area contributed by atoms with Crippen molar-refractivity contribution in [2.24, 2.45) is 0 Å². The minimum absolute atomic E-state index is 0.122. The van der Waals surface area contributed by atoms with Gasteiger partial charge in [0.1, 0.15) is 5.69 Å². The molecule has 1 atom stereocenters. The molecular weight excluding hydrogens is 294 g/mol. The molecule has 2 aromatic heterocycles. The molecule has 0 bridgehead atoms. The minimum Gasteiger partial charge on any atom is -0.378 e. The highest BCUT2D eigenvalue weighted by molar-refractivity contribution is 7.16. The summed E-state index contributed by atoms with van der Waals surface area (Å²) in [6.45, 7) is 4.51. The SMILES string of the molecule is CCNC(=O)c1cc(NC(C)c2ccc(Cl)s2)ccn1. The van der Waals surface area contributed by atoms with Crippen LogP contribution in [0.2, 0.25) is 4.34 Å². The molecule has 2 heterocycles. The molecule has 0 aliphatic heterocycles. The Morgan fingerprint density at radius 1 is 1.45 bits per heavy atom. The van der Waals surface area contributed by atoms with E-state index in [1.165, 1.54) is 0 Å². The lowest BCUT2D eigenvalue weighted by atomic mass is 10.2. The smallest absolute Gasteiger partial charge is 0.269 e. The average molecular weight is 310 g/mol. The van der Waals surface area contributed by atoms with Crippen LogP contribution in [0.5, 0.6) is 0 Å². The first kappa shape index (κ1) is 14.8. The first-order chi connectivity index (χ1) is 9.60. The van der Waals surface area contributed by atoms with Crippen LogP contribution in [0.25, 0.3) is 0 Å². The van der Waals surface area contributed by atoms with Crippen LogP contribution in [0.15, 0.2) is 30.5 Å². The summed E-state index contributed by atoms with van der Waals surface area (Å²) < 4.78 is 0.770. The summed E-state index contributed by atoms with van der Waals surface area (Å²) in [6.07, 6.45) is 1.63. The molecule has 6 heteroatoms. The first-order valence-corrected chi connectivity index (χ1v) is 7.55. The van der Waals surface area contributed by atoms with Crippen molar-refractivity contribution < 1.29 is 4.79 Å². The zero-order valence-corrected chi connectivity index (χ0v) is 12.9. The van der Waals surface area contributed by atoms with E-state index < -0.39 is 0 Å². The van der Waals surface area contributed by atoms with Crippen molar-refractivity contribution in [1.29, 1.82) is 0 Å².